The quantitative estimate of drug-likeness (QED) is 0.512. The van der Waals surface area contributed by atoms with Gasteiger partial charge < -0.3 is 10.4 Å². The number of aliphatic hydroxyl groups excluding tert-OH is 1. The van der Waals surface area contributed by atoms with E-state index in [1.54, 1.807) is 6.92 Å². The topological polar surface area (TPSA) is 49.3 Å². The van der Waals surface area contributed by atoms with E-state index < -0.39 is 6.10 Å². The van der Waals surface area contributed by atoms with Crippen molar-refractivity contribution in [2.24, 2.45) is 0 Å². The maximum absolute atomic E-state index is 10.4. The molecule has 2 N–H and O–H groups in total. The SMILES string of the molecule is CC[C@@H](O)C(=O)NC. The summed E-state index contributed by atoms with van der Waals surface area (Å²) in [6.45, 7) is 1.75. The minimum atomic E-state index is -0.833. The lowest BCUT2D eigenvalue weighted by Gasteiger charge is -2.02. The van der Waals surface area contributed by atoms with Crippen molar-refractivity contribution in [1.82, 2.24) is 5.32 Å². The molecule has 0 rings (SSSR count). The van der Waals surface area contributed by atoms with Gasteiger partial charge in [0.25, 0.3) is 0 Å². The monoisotopic (exact) mass is 117 g/mol. The average Bonchev–Trinajstić information content (AvgIpc) is 1.84. The van der Waals surface area contributed by atoms with Crippen molar-refractivity contribution in [3.8, 4) is 0 Å². The summed E-state index contributed by atoms with van der Waals surface area (Å²) in [5.74, 6) is -0.312. The summed E-state index contributed by atoms with van der Waals surface area (Å²) in [5, 5.41) is 11.0. The maximum atomic E-state index is 10.4. The van der Waals surface area contributed by atoms with Crippen molar-refractivity contribution in [2.45, 2.75) is 19.4 Å². The molecule has 0 radical (unpaired) electrons. The van der Waals surface area contributed by atoms with Crippen LogP contribution in [0.15, 0.2) is 0 Å². The van der Waals surface area contributed by atoms with Crippen LogP contribution in [0.5, 0.6) is 0 Å². The normalized spacial score (nSPS) is 12.9. The molecule has 0 spiro atoms. The zero-order valence-corrected chi connectivity index (χ0v) is 5.14. The van der Waals surface area contributed by atoms with Crippen molar-refractivity contribution >= 4 is 5.91 Å². The molecule has 0 saturated heterocycles. The van der Waals surface area contributed by atoms with E-state index in [-0.39, 0.29) is 5.91 Å². The van der Waals surface area contributed by atoms with Gasteiger partial charge in [-0.1, -0.05) is 6.92 Å². The molecule has 3 nitrogen and oxygen atoms in total. The third-order valence-electron chi connectivity index (χ3n) is 0.936. The van der Waals surface area contributed by atoms with E-state index in [1.807, 2.05) is 0 Å². The Morgan fingerprint density at radius 2 is 2.38 bits per heavy atom. The number of hydrogen-bond acceptors (Lipinski definition) is 2. The van der Waals surface area contributed by atoms with Gasteiger partial charge in [0.2, 0.25) is 5.91 Å². The molecule has 0 aromatic heterocycles. The molecule has 0 aliphatic carbocycles. The molecule has 8 heavy (non-hydrogen) atoms. The van der Waals surface area contributed by atoms with Crippen LogP contribution < -0.4 is 5.32 Å². The standard InChI is InChI=1S/C5H11NO2/c1-3-4(7)5(8)6-2/h4,7H,3H2,1-2H3,(H,6,8)/t4-/m1/s1. The van der Waals surface area contributed by atoms with Crippen LogP contribution in [-0.2, 0) is 4.79 Å². The molecule has 0 unspecified atom stereocenters. The lowest BCUT2D eigenvalue weighted by molar-refractivity contribution is -0.128. The van der Waals surface area contributed by atoms with E-state index in [9.17, 15) is 4.79 Å². The lowest BCUT2D eigenvalue weighted by Crippen LogP contribution is -2.30. The van der Waals surface area contributed by atoms with Gasteiger partial charge in [-0.25, -0.2) is 0 Å². The van der Waals surface area contributed by atoms with Gasteiger partial charge in [-0.2, -0.15) is 0 Å². The van der Waals surface area contributed by atoms with Gasteiger partial charge in [-0.15, -0.1) is 0 Å². The number of rotatable bonds is 2. The highest BCUT2D eigenvalue weighted by molar-refractivity contribution is 5.79. The molecule has 0 aliphatic rings. The Balaban J connectivity index is 3.46. The van der Waals surface area contributed by atoms with Crippen LogP contribution in [0.1, 0.15) is 13.3 Å². The summed E-state index contributed by atoms with van der Waals surface area (Å²) in [5.41, 5.74) is 0. The van der Waals surface area contributed by atoms with Crippen molar-refractivity contribution in [2.75, 3.05) is 7.05 Å². The molecule has 0 aromatic carbocycles. The fourth-order valence-electron chi connectivity index (χ4n) is 0.352. The highest BCUT2D eigenvalue weighted by Crippen LogP contribution is 1.86. The summed E-state index contributed by atoms with van der Waals surface area (Å²) in [6.07, 6.45) is -0.361. The molecule has 0 aromatic rings. The Labute approximate surface area is 48.7 Å². The maximum Gasteiger partial charge on any atom is 0.248 e. The zero-order chi connectivity index (χ0) is 6.57. The molecule has 0 bridgehead atoms. The minimum Gasteiger partial charge on any atom is -0.383 e. The fourth-order valence-corrected chi connectivity index (χ4v) is 0.352. The van der Waals surface area contributed by atoms with Crippen LogP contribution in [0.3, 0.4) is 0 Å². The van der Waals surface area contributed by atoms with Crippen LogP contribution >= 0.6 is 0 Å². The van der Waals surface area contributed by atoms with Gasteiger partial charge in [0.1, 0.15) is 6.10 Å². The van der Waals surface area contributed by atoms with E-state index in [1.165, 1.54) is 7.05 Å². The van der Waals surface area contributed by atoms with Gasteiger partial charge in [0.05, 0.1) is 0 Å². The Kier molecular flexibility index (Phi) is 3.19. The first kappa shape index (κ1) is 7.43. The van der Waals surface area contributed by atoms with Gasteiger partial charge in [-0.05, 0) is 6.42 Å². The second kappa shape index (κ2) is 3.43. The molecule has 3 heteroatoms. The fraction of sp³-hybridized carbons (Fsp3) is 0.800. The number of carbonyl (C=O) groups is 1. The first-order valence-electron chi connectivity index (χ1n) is 2.62. The number of carbonyl (C=O) groups excluding carboxylic acids is 1. The molecular weight excluding hydrogens is 106 g/mol. The minimum absolute atomic E-state index is 0.312. The highest BCUT2D eigenvalue weighted by atomic mass is 16.3. The molecule has 1 amide bonds. The predicted octanol–water partition coefficient (Wildman–Crippen LogP) is -0.497. The van der Waals surface area contributed by atoms with Crippen LogP contribution in [0.25, 0.3) is 0 Å². The summed E-state index contributed by atoms with van der Waals surface area (Å²) < 4.78 is 0. The Morgan fingerprint density at radius 1 is 1.88 bits per heavy atom. The highest BCUT2D eigenvalue weighted by Gasteiger charge is 2.07. The third-order valence-corrected chi connectivity index (χ3v) is 0.936. The predicted molar refractivity (Wildman–Crippen MR) is 30.4 cm³/mol. The van der Waals surface area contributed by atoms with E-state index in [4.69, 9.17) is 5.11 Å². The molecule has 0 saturated carbocycles. The zero-order valence-electron chi connectivity index (χ0n) is 5.14. The van der Waals surface area contributed by atoms with Gasteiger partial charge in [-0.3, -0.25) is 4.79 Å². The molecule has 0 fully saturated rings. The van der Waals surface area contributed by atoms with Gasteiger partial charge >= 0.3 is 0 Å². The smallest absolute Gasteiger partial charge is 0.248 e. The lowest BCUT2D eigenvalue weighted by atomic mass is 10.3. The molecule has 48 valence electrons. The van der Waals surface area contributed by atoms with Crippen molar-refractivity contribution < 1.29 is 9.90 Å². The summed E-state index contributed by atoms with van der Waals surface area (Å²) >= 11 is 0. The Bertz CT molecular complexity index is 82.5. The summed E-state index contributed by atoms with van der Waals surface area (Å²) in [6, 6.07) is 0. The third kappa shape index (κ3) is 1.93. The van der Waals surface area contributed by atoms with Crippen LogP contribution in [0, 0.1) is 0 Å². The second-order valence-electron chi connectivity index (χ2n) is 1.54. The average molecular weight is 117 g/mol. The number of amides is 1. The summed E-state index contributed by atoms with van der Waals surface area (Å²) in [7, 11) is 1.50. The van der Waals surface area contributed by atoms with Crippen LogP contribution in [-0.4, -0.2) is 24.2 Å². The number of aliphatic hydroxyl groups is 1. The van der Waals surface area contributed by atoms with Crippen molar-refractivity contribution in [1.29, 1.82) is 0 Å². The Morgan fingerprint density at radius 3 is 2.50 bits per heavy atom. The van der Waals surface area contributed by atoms with E-state index >= 15 is 0 Å². The second-order valence-corrected chi connectivity index (χ2v) is 1.54. The number of likely N-dealkylation sites (N-methyl/N-ethyl adjacent to an activating group) is 1. The largest absolute Gasteiger partial charge is 0.383 e. The summed E-state index contributed by atoms with van der Waals surface area (Å²) in [4.78, 5) is 10.4. The first-order chi connectivity index (χ1) is 3.72. The molecule has 1 atom stereocenters. The number of nitrogens with one attached hydrogen (secondary N) is 1. The van der Waals surface area contributed by atoms with E-state index in [0.717, 1.165) is 0 Å². The molecule has 0 aliphatic heterocycles. The first-order valence-corrected chi connectivity index (χ1v) is 2.62. The number of hydrogen-bond donors (Lipinski definition) is 2. The molecule has 0 heterocycles. The van der Waals surface area contributed by atoms with Crippen molar-refractivity contribution in [3.63, 3.8) is 0 Å². The van der Waals surface area contributed by atoms with E-state index in [2.05, 4.69) is 5.32 Å². The van der Waals surface area contributed by atoms with Crippen LogP contribution in [0.4, 0.5) is 0 Å². The van der Waals surface area contributed by atoms with Gasteiger partial charge in [0.15, 0.2) is 0 Å². The Hall–Kier alpha value is -0.570. The van der Waals surface area contributed by atoms with Crippen molar-refractivity contribution in [3.05, 3.63) is 0 Å². The van der Waals surface area contributed by atoms with Gasteiger partial charge in [0, 0.05) is 7.05 Å². The van der Waals surface area contributed by atoms with E-state index in [0.29, 0.717) is 6.42 Å². The van der Waals surface area contributed by atoms with Crippen LogP contribution in [0.2, 0.25) is 0 Å². The molecular formula is C5H11NO2.